The number of anilines is 3. The van der Waals surface area contributed by atoms with Crippen LogP contribution >= 0.6 is 22.7 Å². The van der Waals surface area contributed by atoms with Crippen LogP contribution in [0.15, 0.2) is 173 Å². The summed E-state index contributed by atoms with van der Waals surface area (Å²) in [6, 6.07) is 59.6. The van der Waals surface area contributed by atoms with Crippen LogP contribution in [0.3, 0.4) is 0 Å². The molecule has 57 heavy (non-hydrogen) atoms. The lowest BCUT2D eigenvalue weighted by atomic mass is 9.93. The summed E-state index contributed by atoms with van der Waals surface area (Å²) >= 11 is 3.82. The standard InChI is InChI=1S/C52H27NO2S2/c1-3-14-40-32(10-1)34-20-18-31(26-43(34)55-40)53(30-19-22-42-39(25-30)33-11-2-4-15-41(33)54-42)29-9-5-8-28(24-29)38-27-47-52-49-36(13-7-17-45(49)57-47)35-12-6-16-44-48(35)51-46(56-44)23-21-37(38)50(51)52/h1-27H. The van der Waals surface area contributed by atoms with Crippen molar-refractivity contribution in [3.05, 3.63) is 164 Å². The highest BCUT2D eigenvalue weighted by Gasteiger charge is 2.25. The van der Waals surface area contributed by atoms with Crippen LogP contribution in [0.25, 0.3) is 117 Å². The minimum Gasteiger partial charge on any atom is -0.456 e. The van der Waals surface area contributed by atoms with E-state index in [1.165, 1.54) is 73.4 Å². The van der Waals surface area contributed by atoms with Gasteiger partial charge >= 0.3 is 0 Å². The van der Waals surface area contributed by atoms with E-state index in [0.717, 1.165) is 60.9 Å². The first-order valence-electron chi connectivity index (χ1n) is 19.2. The van der Waals surface area contributed by atoms with Crippen LogP contribution in [-0.4, -0.2) is 0 Å². The predicted molar refractivity (Wildman–Crippen MR) is 243 cm³/mol. The van der Waals surface area contributed by atoms with E-state index in [0.29, 0.717) is 0 Å². The van der Waals surface area contributed by atoms with E-state index in [9.17, 15) is 0 Å². The molecule has 3 nitrogen and oxygen atoms in total. The molecule has 0 N–H and O–H groups in total. The molecule has 4 aromatic heterocycles. The van der Waals surface area contributed by atoms with Gasteiger partial charge in [-0.25, -0.2) is 0 Å². The van der Waals surface area contributed by atoms with Gasteiger partial charge in [0.05, 0.1) is 0 Å². The Hall–Kier alpha value is -6.92. The highest BCUT2D eigenvalue weighted by Crippen LogP contribution is 2.54. The maximum Gasteiger partial charge on any atom is 0.137 e. The lowest BCUT2D eigenvalue weighted by Crippen LogP contribution is -2.10. The van der Waals surface area contributed by atoms with Gasteiger partial charge in [-0.3, -0.25) is 0 Å². The molecule has 1 aliphatic carbocycles. The molecule has 0 radical (unpaired) electrons. The average molecular weight is 762 g/mol. The molecule has 14 rings (SSSR count). The normalized spacial score (nSPS) is 12.6. The highest BCUT2D eigenvalue weighted by molar-refractivity contribution is 7.27. The average Bonchev–Trinajstić information content (AvgIpc) is 4.01. The molecule has 0 saturated carbocycles. The van der Waals surface area contributed by atoms with Gasteiger partial charge in [-0.15, -0.1) is 22.7 Å². The molecule has 264 valence electrons. The minimum absolute atomic E-state index is 0.863. The molecule has 0 saturated heterocycles. The molecule has 9 aromatic carbocycles. The smallest absolute Gasteiger partial charge is 0.137 e. The van der Waals surface area contributed by atoms with Crippen LogP contribution < -0.4 is 4.90 Å². The Morgan fingerprint density at radius 3 is 1.70 bits per heavy atom. The van der Waals surface area contributed by atoms with Gasteiger partial charge in [-0.05, 0) is 107 Å². The van der Waals surface area contributed by atoms with Crippen LogP contribution in [-0.2, 0) is 0 Å². The van der Waals surface area contributed by atoms with Gasteiger partial charge in [0.1, 0.15) is 22.3 Å². The summed E-state index contributed by atoms with van der Waals surface area (Å²) in [5.74, 6) is 0. The van der Waals surface area contributed by atoms with Crippen molar-refractivity contribution in [2.75, 3.05) is 4.90 Å². The molecular weight excluding hydrogens is 735 g/mol. The van der Waals surface area contributed by atoms with Crippen molar-refractivity contribution < 1.29 is 8.83 Å². The van der Waals surface area contributed by atoms with E-state index in [-0.39, 0.29) is 0 Å². The van der Waals surface area contributed by atoms with E-state index >= 15 is 0 Å². The number of thiophene rings is 2. The Labute approximate surface area is 332 Å². The number of rotatable bonds is 4. The second kappa shape index (κ2) is 10.9. The number of hydrogen-bond acceptors (Lipinski definition) is 5. The van der Waals surface area contributed by atoms with Crippen molar-refractivity contribution in [2.45, 2.75) is 0 Å². The molecule has 0 atom stereocenters. The first-order valence-corrected chi connectivity index (χ1v) is 20.9. The zero-order valence-electron chi connectivity index (χ0n) is 30.2. The molecule has 5 heteroatoms. The maximum absolute atomic E-state index is 6.46. The summed E-state index contributed by atoms with van der Waals surface area (Å²) in [7, 11) is 0. The first kappa shape index (κ1) is 30.3. The first-order chi connectivity index (χ1) is 28.2. The number of fused-ring (bicyclic) bond motifs is 7. The van der Waals surface area contributed by atoms with Crippen molar-refractivity contribution in [3.8, 4) is 22.3 Å². The van der Waals surface area contributed by atoms with Gasteiger partial charge in [0.2, 0.25) is 0 Å². The highest BCUT2D eigenvalue weighted by atomic mass is 32.1. The Kier molecular flexibility index (Phi) is 5.79. The van der Waals surface area contributed by atoms with Crippen LogP contribution in [0, 0.1) is 0 Å². The molecule has 13 aromatic rings. The Morgan fingerprint density at radius 1 is 0.316 bits per heavy atom. The predicted octanol–water partition coefficient (Wildman–Crippen LogP) is 16.5. The van der Waals surface area contributed by atoms with Crippen molar-refractivity contribution in [2.24, 2.45) is 0 Å². The summed E-state index contributed by atoms with van der Waals surface area (Å²) in [5, 5.41) is 12.7. The van der Waals surface area contributed by atoms with E-state index in [1.54, 1.807) is 0 Å². The largest absolute Gasteiger partial charge is 0.456 e. The van der Waals surface area contributed by atoms with Gasteiger partial charge in [0.15, 0.2) is 0 Å². The summed E-state index contributed by atoms with van der Waals surface area (Å²) in [4.78, 5) is 2.36. The lowest BCUT2D eigenvalue weighted by Gasteiger charge is -2.26. The fourth-order valence-corrected chi connectivity index (χ4v) is 12.1. The number of hydrogen-bond donors (Lipinski definition) is 0. The molecular formula is C52H27NO2S2. The third-order valence-corrected chi connectivity index (χ3v) is 14.4. The van der Waals surface area contributed by atoms with E-state index < -0.39 is 0 Å². The lowest BCUT2D eigenvalue weighted by molar-refractivity contribution is 0.668. The minimum atomic E-state index is 0.863. The van der Waals surface area contributed by atoms with E-state index in [1.807, 2.05) is 46.9 Å². The van der Waals surface area contributed by atoms with Crippen LogP contribution in [0.4, 0.5) is 17.1 Å². The summed E-state index contributed by atoms with van der Waals surface area (Å²) in [6.45, 7) is 0. The Morgan fingerprint density at radius 2 is 0.895 bits per heavy atom. The molecule has 0 fully saturated rings. The van der Waals surface area contributed by atoms with Crippen LogP contribution in [0.5, 0.6) is 0 Å². The summed E-state index contributed by atoms with van der Waals surface area (Å²) < 4.78 is 18.1. The van der Waals surface area contributed by atoms with Crippen LogP contribution in [0.1, 0.15) is 0 Å². The number of benzene rings is 9. The fourth-order valence-electron chi connectivity index (χ4n) is 9.77. The number of nitrogens with zero attached hydrogens (tertiary/aromatic N) is 1. The third kappa shape index (κ3) is 4.04. The molecule has 0 unspecified atom stereocenters. The molecule has 4 heterocycles. The van der Waals surface area contributed by atoms with Gasteiger partial charge in [0.25, 0.3) is 0 Å². The van der Waals surface area contributed by atoms with Crippen molar-refractivity contribution in [1.29, 1.82) is 0 Å². The summed E-state index contributed by atoms with van der Waals surface area (Å²) in [5.41, 5.74) is 11.8. The SMILES string of the molecule is c1cc(-c2cc3sc4cccc5c4c3c3c2ccc2sc4cccc-5c4c23)cc(N(c2ccc3c(c2)oc2ccccc23)c2ccc3oc4ccccc4c3c2)c1. The van der Waals surface area contributed by atoms with Crippen molar-refractivity contribution >= 4 is 135 Å². The maximum atomic E-state index is 6.46. The third-order valence-electron chi connectivity index (χ3n) is 12.2. The zero-order valence-corrected chi connectivity index (χ0v) is 31.8. The number of para-hydroxylation sites is 2. The van der Waals surface area contributed by atoms with Gasteiger partial charge < -0.3 is 13.7 Å². The topological polar surface area (TPSA) is 29.5 Å². The second-order valence-corrected chi connectivity index (χ2v) is 17.3. The van der Waals surface area contributed by atoms with Gasteiger partial charge in [0, 0.05) is 90.4 Å². The molecule has 0 aliphatic heterocycles. The second-order valence-electron chi connectivity index (χ2n) is 15.2. The monoisotopic (exact) mass is 761 g/mol. The summed E-state index contributed by atoms with van der Waals surface area (Å²) in [6.07, 6.45) is 0. The van der Waals surface area contributed by atoms with Crippen molar-refractivity contribution in [1.82, 2.24) is 0 Å². The fraction of sp³-hybridized carbons (Fsp3) is 0. The molecule has 1 aliphatic rings. The quantitative estimate of drug-likeness (QED) is 0.179. The Balaban J connectivity index is 1.04. The van der Waals surface area contributed by atoms with Crippen molar-refractivity contribution in [3.63, 3.8) is 0 Å². The Bertz CT molecular complexity index is 3870. The number of furan rings is 2. The molecule has 0 spiro atoms. The van der Waals surface area contributed by atoms with E-state index in [2.05, 4.69) is 144 Å². The van der Waals surface area contributed by atoms with Gasteiger partial charge in [-0.2, -0.15) is 0 Å². The van der Waals surface area contributed by atoms with Gasteiger partial charge in [-0.1, -0.05) is 78.9 Å². The molecule has 0 amide bonds. The van der Waals surface area contributed by atoms with Crippen LogP contribution in [0.2, 0.25) is 0 Å². The van der Waals surface area contributed by atoms with E-state index in [4.69, 9.17) is 8.83 Å². The molecule has 0 bridgehead atoms. The zero-order chi connectivity index (χ0) is 36.9.